The molecule has 0 amide bonds. The Kier molecular flexibility index (Phi) is 6.38. The molecular weight excluding hydrogens is 320 g/mol. The Morgan fingerprint density at radius 3 is 3.00 bits per heavy atom. The number of aryl methyl sites for hydroxylation is 1. The van der Waals surface area contributed by atoms with Crippen molar-refractivity contribution in [2.75, 3.05) is 26.2 Å². The number of rotatable bonds is 8. The first-order chi connectivity index (χ1) is 12.2. The van der Waals surface area contributed by atoms with Crippen molar-refractivity contribution in [3.8, 4) is 5.75 Å². The maximum atomic E-state index is 10.1. The number of aliphatic hydroxyl groups is 1. The van der Waals surface area contributed by atoms with Crippen LogP contribution in [0.5, 0.6) is 5.75 Å². The van der Waals surface area contributed by atoms with E-state index in [0.717, 1.165) is 37.5 Å². The van der Waals surface area contributed by atoms with E-state index in [1.807, 2.05) is 30.3 Å². The highest BCUT2D eigenvalue weighted by Crippen LogP contribution is 2.13. The fourth-order valence-corrected chi connectivity index (χ4v) is 3.04. The molecule has 0 bridgehead atoms. The van der Waals surface area contributed by atoms with Crippen LogP contribution in [0.2, 0.25) is 0 Å². The topological polar surface area (TPSA) is 83.7 Å². The van der Waals surface area contributed by atoms with Gasteiger partial charge in [-0.1, -0.05) is 23.4 Å². The lowest BCUT2D eigenvalue weighted by molar-refractivity contribution is 0.0959. The summed E-state index contributed by atoms with van der Waals surface area (Å²) in [4.78, 5) is 6.58. The zero-order valence-electron chi connectivity index (χ0n) is 14.6. The first-order valence-corrected chi connectivity index (χ1v) is 8.80. The van der Waals surface area contributed by atoms with Crippen LogP contribution in [0, 0.1) is 6.92 Å². The lowest BCUT2D eigenvalue weighted by Gasteiger charge is -2.32. The number of para-hydroxylation sites is 1. The summed E-state index contributed by atoms with van der Waals surface area (Å²) in [6.07, 6.45) is 1.69. The molecule has 7 heteroatoms. The number of nitrogens with one attached hydrogen (secondary N) is 1. The van der Waals surface area contributed by atoms with Crippen LogP contribution in [-0.4, -0.2) is 58.5 Å². The Labute approximate surface area is 148 Å². The van der Waals surface area contributed by atoms with E-state index in [4.69, 9.17) is 9.26 Å². The van der Waals surface area contributed by atoms with Crippen molar-refractivity contribution in [1.29, 1.82) is 0 Å². The summed E-state index contributed by atoms with van der Waals surface area (Å²) in [7, 11) is 0. The standard InChI is InChI=1S/C18H26N4O3/c1-14-20-18(21-25-14)12-22-9-5-6-15(11-22)19-10-16(23)13-24-17-7-3-2-4-8-17/h2-4,7-8,15-16,19,23H,5-6,9-13H2,1H3/t15-,16+/m1/s1. The molecule has 2 atom stereocenters. The van der Waals surface area contributed by atoms with E-state index in [0.29, 0.717) is 25.0 Å². The molecule has 25 heavy (non-hydrogen) atoms. The number of likely N-dealkylation sites (tertiary alicyclic amines) is 1. The van der Waals surface area contributed by atoms with E-state index in [-0.39, 0.29) is 6.61 Å². The number of nitrogens with zero attached hydrogens (tertiary/aromatic N) is 3. The van der Waals surface area contributed by atoms with Crippen molar-refractivity contribution in [3.05, 3.63) is 42.0 Å². The van der Waals surface area contributed by atoms with Gasteiger partial charge >= 0.3 is 0 Å². The monoisotopic (exact) mass is 346 g/mol. The second kappa shape index (κ2) is 8.94. The van der Waals surface area contributed by atoms with Crippen molar-refractivity contribution in [3.63, 3.8) is 0 Å². The number of aliphatic hydroxyl groups excluding tert-OH is 1. The summed E-state index contributed by atoms with van der Waals surface area (Å²) in [5.74, 6) is 2.11. The number of hydrogen-bond donors (Lipinski definition) is 2. The van der Waals surface area contributed by atoms with Gasteiger partial charge in [0, 0.05) is 26.1 Å². The number of hydrogen-bond acceptors (Lipinski definition) is 7. The van der Waals surface area contributed by atoms with E-state index in [1.54, 1.807) is 6.92 Å². The Morgan fingerprint density at radius 2 is 2.24 bits per heavy atom. The molecular formula is C18H26N4O3. The number of piperidine rings is 1. The molecule has 1 aromatic carbocycles. The molecule has 2 heterocycles. The molecule has 0 saturated carbocycles. The molecule has 2 N–H and O–H groups in total. The molecule has 1 fully saturated rings. The third-order valence-corrected chi connectivity index (χ3v) is 4.27. The van der Waals surface area contributed by atoms with Gasteiger partial charge in [-0.3, -0.25) is 4.90 Å². The highest BCUT2D eigenvalue weighted by atomic mass is 16.5. The van der Waals surface area contributed by atoms with Gasteiger partial charge in [0.05, 0.1) is 6.54 Å². The van der Waals surface area contributed by atoms with Gasteiger partial charge in [-0.15, -0.1) is 0 Å². The molecule has 7 nitrogen and oxygen atoms in total. The van der Waals surface area contributed by atoms with Crippen LogP contribution >= 0.6 is 0 Å². The maximum absolute atomic E-state index is 10.1. The van der Waals surface area contributed by atoms with E-state index in [2.05, 4.69) is 20.4 Å². The Morgan fingerprint density at radius 1 is 1.40 bits per heavy atom. The molecule has 0 aliphatic carbocycles. The molecule has 2 aromatic rings. The van der Waals surface area contributed by atoms with Crippen molar-refractivity contribution < 1.29 is 14.4 Å². The molecule has 0 unspecified atom stereocenters. The molecule has 1 aromatic heterocycles. The fourth-order valence-electron chi connectivity index (χ4n) is 3.04. The fraction of sp³-hybridized carbons (Fsp3) is 0.556. The van der Waals surface area contributed by atoms with Crippen LogP contribution in [0.1, 0.15) is 24.6 Å². The van der Waals surface area contributed by atoms with Gasteiger partial charge in [0.2, 0.25) is 5.89 Å². The predicted molar refractivity (Wildman–Crippen MR) is 93.3 cm³/mol. The summed E-state index contributed by atoms with van der Waals surface area (Å²) in [6.45, 7) is 5.26. The smallest absolute Gasteiger partial charge is 0.223 e. The van der Waals surface area contributed by atoms with E-state index in [1.165, 1.54) is 0 Å². The first kappa shape index (κ1) is 17.8. The predicted octanol–water partition coefficient (Wildman–Crippen LogP) is 1.37. The van der Waals surface area contributed by atoms with Crippen molar-refractivity contribution >= 4 is 0 Å². The minimum Gasteiger partial charge on any atom is -0.491 e. The molecule has 1 saturated heterocycles. The van der Waals surface area contributed by atoms with Gasteiger partial charge in [-0.25, -0.2) is 0 Å². The van der Waals surface area contributed by atoms with Crippen LogP contribution < -0.4 is 10.1 Å². The van der Waals surface area contributed by atoms with Crippen molar-refractivity contribution in [1.82, 2.24) is 20.4 Å². The van der Waals surface area contributed by atoms with Gasteiger partial charge in [-0.2, -0.15) is 4.98 Å². The quantitative estimate of drug-likeness (QED) is 0.747. The summed E-state index contributed by atoms with van der Waals surface area (Å²) in [6, 6.07) is 9.91. The van der Waals surface area contributed by atoms with E-state index >= 15 is 0 Å². The van der Waals surface area contributed by atoms with E-state index in [9.17, 15) is 5.11 Å². The van der Waals surface area contributed by atoms with Crippen molar-refractivity contribution in [2.24, 2.45) is 0 Å². The number of benzene rings is 1. The van der Waals surface area contributed by atoms with E-state index < -0.39 is 6.10 Å². The average Bonchev–Trinajstić information content (AvgIpc) is 3.04. The largest absolute Gasteiger partial charge is 0.491 e. The third kappa shape index (κ3) is 5.81. The van der Waals surface area contributed by atoms with Gasteiger partial charge in [0.1, 0.15) is 18.5 Å². The minimum absolute atomic E-state index is 0.287. The van der Waals surface area contributed by atoms with Crippen LogP contribution in [0.4, 0.5) is 0 Å². The molecule has 3 rings (SSSR count). The second-order valence-electron chi connectivity index (χ2n) is 6.49. The molecule has 1 aliphatic rings. The van der Waals surface area contributed by atoms with Gasteiger partial charge < -0.3 is 19.7 Å². The maximum Gasteiger partial charge on any atom is 0.223 e. The van der Waals surface area contributed by atoms with Crippen LogP contribution in [0.3, 0.4) is 0 Å². The molecule has 0 radical (unpaired) electrons. The zero-order chi connectivity index (χ0) is 17.5. The van der Waals surface area contributed by atoms with Gasteiger partial charge in [0.25, 0.3) is 0 Å². The average molecular weight is 346 g/mol. The Hall–Kier alpha value is -1.96. The third-order valence-electron chi connectivity index (χ3n) is 4.27. The van der Waals surface area contributed by atoms with Crippen LogP contribution in [-0.2, 0) is 6.54 Å². The lowest BCUT2D eigenvalue weighted by Crippen LogP contribution is -2.48. The van der Waals surface area contributed by atoms with Crippen LogP contribution in [0.25, 0.3) is 0 Å². The highest BCUT2D eigenvalue weighted by Gasteiger charge is 2.21. The summed E-state index contributed by atoms with van der Waals surface area (Å²) < 4.78 is 10.6. The second-order valence-corrected chi connectivity index (χ2v) is 6.49. The van der Waals surface area contributed by atoms with Crippen LogP contribution in [0.15, 0.2) is 34.9 Å². The number of ether oxygens (including phenoxy) is 1. The highest BCUT2D eigenvalue weighted by molar-refractivity contribution is 5.20. The van der Waals surface area contributed by atoms with Gasteiger partial charge in [0.15, 0.2) is 5.82 Å². The Bertz CT molecular complexity index is 634. The molecule has 136 valence electrons. The summed E-state index contributed by atoms with van der Waals surface area (Å²) in [5, 5.41) is 17.5. The minimum atomic E-state index is -0.532. The summed E-state index contributed by atoms with van der Waals surface area (Å²) in [5.41, 5.74) is 0. The normalized spacial score (nSPS) is 19.7. The first-order valence-electron chi connectivity index (χ1n) is 8.80. The van der Waals surface area contributed by atoms with Gasteiger partial charge in [-0.05, 0) is 31.5 Å². The molecule has 0 spiro atoms. The Balaban J connectivity index is 1.37. The SMILES string of the molecule is Cc1nc(CN2CCC[C@@H](NC[C@H](O)COc3ccccc3)C2)no1. The summed E-state index contributed by atoms with van der Waals surface area (Å²) >= 11 is 0. The molecule has 1 aliphatic heterocycles. The zero-order valence-corrected chi connectivity index (χ0v) is 14.6. The van der Waals surface area contributed by atoms with Crippen molar-refractivity contribution in [2.45, 2.75) is 38.5 Å². The lowest BCUT2D eigenvalue weighted by atomic mass is 10.1. The number of aromatic nitrogens is 2.